The van der Waals surface area contributed by atoms with Crippen LogP contribution in [-0.2, 0) is 10.0 Å². The summed E-state index contributed by atoms with van der Waals surface area (Å²) in [5.41, 5.74) is 2.00. The summed E-state index contributed by atoms with van der Waals surface area (Å²) in [5, 5.41) is 2.83. The van der Waals surface area contributed by atoms with Crippen molar-refractivity contribution in [2.75, 3.05) is 18.4 Å². The number of anilines is 1. The number of amides is 1. The van der Waals surface area contributed by atoms with Crippen LogP contribution in [-0.4, -0.2) is 41.3 Å². The summed E-state index contributed by atoms with van der Waals surface area (Å²) in [4.78, 5) is 16.8. The van der Waals surface area contributed by atoms with E-state index in [0.29, 0.717) is 30.3 Å². The monoisotopic (exact) mass is 424 g/mol. The molecule has 0 radical (unpaired) electrons. The van der Waals surface area contributed by atoms with Crippen molar-refractivity contribution >= 4 is 21.6 Å². The number of benzene rings is 2. The second kappa shape index (κ2) is 8.41. The van der Waals surface area contributed by atoms with Gasteiger partial charge in [-0.1, -0.05) is 6.92 Å². The van der Waals surface area contributed by atoms with Crippen molar-refractivity contribution in [3.63, 3.8) is 0 Å². The van der Waals surface area contributed by atoms with E-state index >= 15 is 0 Å². The molecule has 2 aromatic carbocycles. The normalized spacial score (nSPS) is 15.8. The highest BCUT2D eigenvalue weighted by atomic mass is 32.2. The molecule has 1 aliphatic heterocycles. The predicted molar refractivity (Wildman–Crippen MR) is 115 cm³/mol. The van der Waals surface area contributed by atoms with Crippen LogP contribution in [0.4, 0.5) is 5.69 Å². The first-order chi connectivity index (χ1) is 14.4. The molecule has 2 heterocycles. The van der Waals surface area contributed by atoms with E-state index in [2.05, 4.69) is 17.2 Å². The highest BCUT2D eigenvalue weighted by Crippen LogP contribution is 2.24. The minimum Gasteiger partial charge on any atom is -0.322 e. The van der Waals surface area contributed by atoms with Crippen LogP contribution in [0.15, 0.2) is 72.1 Å². The molecule has 1 N–H and O–H groups in total. The number of rotatable bonds is 5. The fourth-order valence-electron chi connectivity index (χ4n) is 3.48. The van der Waals surface area contributed by atoms with Crippen LogP contribution in [0.3, 0.4) is 0 Å². The molecule has 4 rings (SSSR count). The number of nitrogens with one attached hydrogen (secondary N) is 1. The number of nitrogens with zero attached hydrogens (tertiary/aromatic N) is 3. The quantitative estimate of drug-likeness (QED) is 0.679. The van der Waals surface area contributed by atoms with Gasteiger partial charge in [-0.3, -0.25) is 4.79 Å². The van der Waals surface area contributed by atoms with E-state index < -0.39 is 10.0 Å². The molecule has 1 saturated heterocycles. The molecule has 0 aliphatic carbocycles. The lowest BCUT2D eigenvalue weighted by atomic mass is 10.0. The summed E-state index contributed by atoms with van der Waals surface area (Å²) in [6.45, 7) is 3.23. The van der Waals surface area contributed by atoms with Crippen molar-refractivity contribution in [3.05, 3.63) is 72.8 Å². The third-order valence-electron chi connectivity index (χ3n) is 5.42. The van der Waals surface area contributed by atoms with Gasteiger partial charge in [0.25, 0.3) is 5.91 Å². The van der Waals surface area contributed by atoms with E-state index in [-0.39, 0.29) is 10.8 Å². The van der Waals surface area contributed by atoms with Crippen LogP contribution in [0.2, 0.25) is 0 Å². The average Bonchev–Trinajstić information content (AvgIpc) is 3.30. The fourth-order valence-corrected chi connectivity index (χ4v) is 4.95. The molecule has 0 atom stereocenters. The number of aromatic nitrogens is 2. The van der Waals surface area contributed by atoms with Crippen molar-refractivity contribution in [2.45, 2.75) is 24.7 Å². The van der Waals surface area contributed by atoms with Crippen molar-refractivity contribution in [2.24, 2.45) is 5.92 Å². The minimum absolute atomic E-state index is 0.221. The Bertz CT molecular complexity index is 1100. The molecule has 0 bridgehead atoms. The molecular weight excluding hydrogens is 400 g/mol. The second-order valence-corrected chi connectivity index (χ2v) is 9.52. The summed E-state index contributed by atoms with van der Waals surface area (Å²) in [7, 11) is -3.52. The molecule has 7 nitrogen and oxygen atoms in total. The van der Waals surface area contributed by atoms with Crippen LogP contribution >= 0.6 is 0 Å². The first-order valence-corrected chi connectivity index (χ1v) is 11.4. The lowest BCUT2D eigenvalue weighted by Gasteiger charge is -2.29. The number of piperidine rings is 1. The average molecular weight is 425 g/mol. The summed E-state index contributed by atoms with van der Waals surface area (Å²) in [6, 6.07) is 13.5. The SMILES string of the molecule is CC1CCN(S(=O)(=O)c2ccc(C(=O)Nc3ccc(-n4ccnc4)cc3)cc2)CC1. The fraction of sp³-hybridized carbons (Fsp3) is 0.273. The van der Waals surface area contributed by atoms with Crippen LogP contribution in [0.25, 0.3) is 5.69 Å². The molecule has 1 fully saturated rings. The van der Waals surface area contributed by atoms with Crippen molar-refractivity contribution in [1.29, 1.82) is 0 Å². The van der Waals surface area contributed by atoms with Gasteiger partial charge < -0.3 is 9.88 Å². The van der Waals surface area contributed by atoms with E-state index in [1.54, 1.807) is 24.7 Å². The topological polar surface area (TPSA) is 84.3 Å². The first-order valence-electron chi connectivity index (χ1n) is 9.93. The van der Waals surface area contributed by atoms with Gasteiger partial charge in [0.1, 0.15) is 0 Å². The molecule has 1 aliphatic rings. The molecular formula is C22H24N4O3S. The smallest absolute Gasteiger partial charge is 0.255 e. The Labute approximate surface area is 176 Å². The van der Waals surface area contributed by atoms with Gasteiger partial charge in [0, 0.05) is 42.4 Å². The molecule has 0 unspecified atom stereocenters. The van der Waals surface area contributed by atoms with Crippen molar-refractivity contribution < 1.29 is 13.2 Å². The van der Waals surface area contributed by atoms with E-state index in [1.165, 1.54) is 16.4 Å². The Morgan fingerprint density at radius 2 is 1.70 bits per heavy atom. The third kappa shape index (κ3) is 4.29. The maximum atomic E-state index is 12.8. The number of imidazole rings is 1. The van der Waals surface area contributed by atoms with E-state index in [9.17, 15) is 13.2 Å². The number of hydrogen-bond donors (Lipinski definition) is 1. The zero-order valence-electron chi connectivity index (χ0n) is 16.7. The van der Waals surface area contributed by atoms with Gasteiger partial charge in [0.15, 0.2) is 0 Å². The Balaban J connectivity index is 1.43. The number of carbonyl (C=O) groups excluding carboxylic acids is 1. The lowest BCUT2D eigenvalue weighted by molar-refractivity contribution is 0.102. The van der Waals surface area contributed by atoms with Gasteiger partial charge in [0.2, 0.25) is 10.0 Å². The number of sulfonamides is 1. The molecule has 0 spiro atoms. The van der Waals surface area contributed by atoms with Gasteiger partial charge in [-0.2, -0.15) is 4.31 Å². The molecule has 156 valence electrons. The molecule has 1 aromatic heterocycles. The van der Waals surface area contributed by atoms with Crippen molar-refractivity contribution in [3.8, 4) is 5.69 Å². The van der Waals surface area contributed by atoms with E-state index in [4.69, 9.17) is 0 Å². The summed E-state index contributed by atoms with van der Waals surface area (Å²) < 4.78 is 29.0. The van der Waals surface area contributed by atoms with Gasteiger partial charge in [-0.15, -0.1) is 0 Å². The summed E-state index contributed by atoms with van der Waals surface area (Å²) >= 11 is 0. The zero-order chi connectivity index (χ0) is 21.1. The standard InChI is InChI=1S/C22H24N4O3S/c1-17-10-13-26(14-11-17)30(28,29)21-8-2-18(3-9-21)22(27)24-19-4-6-20(7-5-19)25-15-12-23-16-25/h2-9,12,15-17H,10-11,13-14H2,1H3,(H,24,27). The third-order valence-corrected chi connectivity index (χ3v) is 7.34. The summed E-state index contributed by atoms with van der Waals surface area (Å²) in [5.74, 6) is 0.262. The Hall–Kier alpha value is -2.97. The summed E-state index contributed by atoms with van der Waals surface area (Å²) in [6.07, 6.45) is 6.99. The first kappa shape index (κ1) is 20.3. The molecule has 3 aromatic rings. The van der Waals surface area contributed by atoms with Crippen LogP contribution < -0.4 is 5.32 Å². The Morgan fingerprint density at radius 1 is 1.03 bits per heavy atom. The molecule has 0 saturated carbocycles. The van der Waals surface area contributed by atoms with E-state index in [1.807, 2.05) is 35.0 Å². The van der Waals surface area contributed by atoms with Crippen LogP contribution in [0, 0.1) is 5.92 Å². The highest BCUT2D eigenvalue weighted by molar-refractivity contribution is 7.89. The molecule has 1 amide bonds. The zero-order valence-corrected chi connectivity index (χ0v) is 17.5. The van der Waals surface area contributed by atoms with Gasteiger partial charge >= 0.3 is 0 Å². The molecule has 30 heavy (non-hydrogen) atoms. The molecule has 8 heteroatoms. The number of carbonyl (C=O) groups is 1. The van der Waals surface area contributed by atoms with Crippen LogP contribution in [0.5, 0.6) is 0 Å². The van der Waals surface area contributed by atoms with Gasteiger partial charge in [-0.25, -0.2) is 13.4 Å². The lowest BCUT2D eigenvalue weighted by Crippen LogP contribution is -2.37. The predicted octanol–water partition coefficient (Wildman–Crippen LogP) is 3.55. The van der Waals surface area contributed by atoms with E-state index in [0.717, 1.165) is 18.5 Å². The Kier molecular flexibility index (Phi) is 5.69. The van der Waals surface area contributed by atoms with Gasteiger partial charge in [-0.05, 0) is 67.3 Å². The number of hydrogen-bond acceptors (Lipinski definition) is 4. The minimum atomic E-state index is -3.52. The van der Waals surface area contributed by atoms with Crippen molar-refractivity contribution in [1.82, 2.24) is 13.9 Å². The van der Waals surface area contributed by atoms with Crippen LogP contribution in [0.1, 0.15) is 30.1 Å². The van der Waals surface area contributed by atoms with Gasteiger partial charge in [0.05, 0.1) is 11.2 Å². The second-order valence-electron chi connectivity index (χ2n) is 7.58. The Morgan fingerprint density at radius 3 is 2.30 bits per heavy atom. The largest absolute Gasteiger partial charge is 0.322 e. The maximum Gasteiger partial charge on any atom is 0.255 e. The highest BCUT2D eigenvalue weighted by Gasteiger charge is 2.28. The maximum absolute atomic E-state index is 12.8.